The lowest BCUT2D eigenvalue weighted by molar-refractivity contribution is 0.631. The highest BCUT2D eigenvalue weighted by molar-refractivity contribution is 5.87. The van der Waals surface area contributed by atoms with Crippen molar-refractivity contribution in [3.05, 3.63) is 84.6 Å². The van der Waals surface area contributed by atoms with Gasteiger partial charge in [0.2, 0.25) is 0 Å². The zero-order chi connectivity index (χ0) is 24.2. The van der Waals surface area contributed by atoms with Crippen molar-refractivity contribution in [1.29, 1.82) is 0 Å². The number of nitrogens with two attached hydrogens (primary N) is 2. The maximum absolute atomic E-state index is 14.8. The van der Waals surface area contributed by atoms with Gasteiger partial charge >= 0.3 is 0 Å². The number of hydrogen-bond donors (Lipinski definition) is 3. The van der Waals surface area contributed by atoms with Crippen LogP contribution in [0.4, 0.5) is 15.9 Å². The summed E-state index contributed by atoms with van der Waals surface area (Å²) in [5.41, 5.74) is 13.5. The zero-order valence-electron chi connectivity index (χ0n) is 18.9. The molecule has 1 aliphatic rings. The summed E-state index contributed by atoms with van der Waals surface area (Å²) in [5, 5.41) is 4.13. The molecule has 0 bridgehead atoms. The molecular weight excluding hydrogens is 433 g/mol. The lowest BCUT2D eigenvalue weighted by Crippen LogP contribution is -2.34. The Morgan fingerprint density at radius 2 is 2.12 bits per heavy atom. The number of nitrogens with zero attached hydrogens (tertiary/aromatic N) is 6. The van der Waals surface area contributed by atoms with E-state index < -0.39 is 5.82 Å². The van der Waals surface area contributed by atoms with Gasteiger partial charge in [-0.15, -0.1) is 0 Å². The third kappa shape index (κ3) is 4.57. The van der Waals surface area contributed by atoms with E-state index in [1.54, 1.807) is 42.5 Å². The highest BCUT2D eigenvalue weighted by atomic mass is 19.1. The largest absolute Gasteiger partial charge is 0.399 e. The number of aromatic nitrogens is 4. The molecule has 1 aliphatic heterocycles. The van der Waals surface area contributed by atoms with Crippen molar-refractivity contribution in [2.24, 2.45) is 23.6 Å². The van der Waals surface area contributed by atoms with Crippen LogP contribution in [0.3, 0.4) is 0 Å². The van der Waals surface area contributed by atoms with Gasteiger partial charge in [0.15, 0.2) is 0 Å². The first-order valence-corrected chi connectivity index (χ1v) is 10.6. The predicted molar refractivity (Wildman–Crippen MR) is 133 cm³/mol. The third-order valence-corrected chi connectivity index (χ3v) is 5.58. The van der Waals surface area contributed by atoms with Gasteiger partial charge in [0.25, 0.3) is 0 Å². The number of allylic oxidation sites excluding steroid dienone is 1. The van der Waals surface area contributed by atoms with E-state index in [0.29, 0.717) is 64.7 Å². The minimum absolute atomic E-state index is 0.388. The Morgan fingerprint density at radius 3 is 2.79 bits per heavy atom. The summed E-state index contributed by atoms with van der Waals surface area (Å²) >= 11 is 0. The van der Waals surface area contributed by atoms with E-state index in [2.05, 4.69) is 43.5 Å². The number of aryl methyl sites for hydroxylation is 1. The maximum Gasteiger partial charge on any atom is 0.133 e. The Kier molecular flexibility index (Phi) is 6.51. The molecule has 9 nitrogen and oxygen atoms in total. The molecule has 0 unspecified atom stereocenters. The van der Waals surface area contributed by atoms with Crippen LogP contribution in [0, 0.1) is 5.82 Å². The van der Waals surface area contributed by atoms with Gasteiger partial charge in [0, 0.05) is 66.5 Å². The predicted octanol–water partition coefficient (Wildman–Crippen LogP) is 3.00. The Hall–Kier alpha value is -4.31. The Morgan fingerprint density at radius 1 is 1.29 bits per heavy atom. The van der Waals surface area contributed by atoms with Crippen molar-refractivity contribution in [1.82, 2.24) is 19.7 Å². The number of rotatable bonds is 7. The van der Waals surface area contributed by atoms with E-state index >= 15 is 0 Å². The Balaban J connectivity index is 1.66. The van der Waals surface area contributed by atoms with Gasteiger partial charge in [-0.2, -0.15) is 5.10 Å². The van der Waals surface area contributed by atoms with Crippen LogP contribution in [-0.2, 0) is 7.05 Å². The van der Waals surface area contributed by atoms with Crippen LogP contribution in [-0.4, -0.2) is 39.1 Å². The van der Waals surface area contributed by atoms with Crippen LogP contribution in [0.1, 0.15) is 17.7 Å². The minimum Gasteiger partial charge on any atom is -0.399 e. The monoisotopic (exact) mass is 459 g/mol. The number of nitrogens with one attached hydrogen (secondary N) is 1. The summed E-state index contributed by atoms with van der Waals surface area (Å²) < 4.78 is 16.4. The van der Waals surface area contributed by atoms with E-state index in [1.165, 1.54) is 12.4 Å². The molecule has 0 radical (unpaired) electrons. The molecule has 3 heterocycles. The highest BCUT2D eigenvalue weighted by Crippen LogP contribution is 2.34. The third-order valence-electron chi connectivity index (χ3n) is 5.58. The molecule has 10 heteroatoms. The number of halogens is 1. The van der Waals surface area contributed by atoms with Gasteiger partial charge in [-0.3, -0.25) is 15.5 Å². The number of nitrogen functional groups attached to an aromatic ring is 1. The number of hydrogen-bond acceptors (Lipinski definition) is 8. The molecule has 0 atom stereocenters. The smallest absolute Gasteiger partial charge is 0.133 e. The van der Waals surface area contributed by atoms with Gasteiger partial charge in [0.05, 0.1) is 29.8 Å². The second-order valence-electron chi connectivity index (χ2n) is 7.82. The lowest BCUT2D eigenvalue weighted by atomic mass is 9.97. The molecule has 174 valence electrons. The van der Waals surface area contributed by atoms with E-state index in [4.69, 9.17) is 11.6 Å². The van der Waals surface area contributed by atoms with Crippen LogP contribution >= 0.6 is 0 Å². The minimum atomic E-state index is -0.425. The summed E-state index contributed by atoms with van der Waals surface area (Å²) in [6, 6.07) is 4.87. The Bertz CT molecular complexity index is 1310. The van der Waals surface area contributed by atoms with Gasteiger partial charge in [-0.25, -0.2) is 14.4 Å². The van der Waals surface area contributed by atoms with Gasteiger partial charge in [0.1, 0.15) is 18.0 Å². The van der Waals surface area contributed by atoms with E-state index in [1.807, 2.05) is 6.07 Å². The first-order chi connectivity index (χ1) is 16.4. The molecule has 34 heavy (non-hydrogen) atoms. The fraction of sp³-hybridized carbons (Fsp3) is 0.167. The summed E-state index contributed by atoms with van der Waals surface area (Å²) in [6.45, 7) is 9.04. The molecule has 0 aliphatic carbocycles. The maximum atomic E-state index is 14.8. The van der Waals surface area contributed by atoms with E-state index in [0.717, 1.165) is 5.70 Å². The van der Waals surface area contributed by atoms with Crippen molar-refractivity contribution in [2.45, 2.75) is 6.42 Å². The van der Waals surface area contributed by atoms with Crippen molar-refractivity contribution in [3.8, 4) is 11.1 Å². The van der Waals surface area contributed by atoms with Crippen molar-refractivity contribution < 1.29 is 4.39 Å². The van der Waals surface area contributed by atoms with Crippen molar-refractivity contribution in [2.75, 3.05) is 23.4 Å². The SMILES string of the molecule is C=C/C=N\C1=C(N)CN(c2cc(C(=C)c3cc(-c4cnn(C)c4)c(F)cc3NN)ncn2)CC1. The van der Waals surface area contributed by atoms with Crippen molar-refractivity contribution in [3.63, 3.8) is 0 Å². The standard InChI is InChI=1S/C24H26FN9/c1-4-6-28-21-5-7-34(13-20(21)26)24-10-22(29-14-30-24)15(2)17-8-18(16-11-31-33(3)12-16)19(25)9-23(17)32-27/h4,6,8-12,14,32H,1-2,5,7,13,26-27H2,3H3/b28-6-. The van der Waals surface area contributed by atoms with E-state index in [-0.39, 0.29) is 0 Å². The number of anilines is 2. The number of hydrazine groups is 1. The fourth-order valence-electron chi connectivity index (χ4n) is 3.81. The van der Waals surface area contributed by atoms with Crippen LogP contribution in [0.25, 0.3) is 16.7 Å². The first-order valence-electron chi connectivity index (χ1n) is 10.6. The highest BCUT2D eigenvalue weighted by Gasteiger charge is 2.20. The van der Waals surface area contributed by atoms with E-state index in [9.17, 15) is 4.39 Å². The molecule has 0 saturated carbocycles. The van der Waals surface area contributed by atoms with Crippen LogP contribution in [0.5, 0.6) is 0 Å². The molecule has 4 rings (SSSR count). The van der Waals surface area contributed by atoms with Gasteiger partial charge < -0.3 is 16.1 Å². The Labute approximate surface area is 197 Å². The summed E-state index contributed by atoms with van der Waals surface area (Å²) in [7, 11) is 1.77. The molecule has 0 spiro atoms. The second kappa shape index (κ2) is 9.67. The molecule has 0 saturated heterocycles. The summed E-state index contributed by atoms with van der Waals surface area (Å²) in [4.78, 5) is 15.2. The second-order valence-corrected chi connectivity index (χ2v) is 7.82. The molecule has 0 amide bonds. The molecular formula is C24H26FN9. The number of aliphatic imine (C=N–C) groups is 1. The molecule has 5 N–H and O–H groups in total. The first kappa shape index (κ1) is 22.9. The summed E-state index contributed by atoms with van der Waals surface area (Å²) in [6.07, 6.45) is 8.76. The van der Waals surface area contributed by atoms with Gasteiger partial charge in [-0.05, 0) is 12.1 Å². The average molecular weight is 460 g/mol. The van der Waals surface area contributed by atoms with Gasteiger partial charge in [-0.1, -0.05) is 19.2 Å². The van der Waals surface area contributed by atoms with Crippen LogP contribution in [0.2, 0.25) is 0 Å². The van der Waals surface area contributed by atoms with Crippen LogP contribution < -0.4 is 21.9 Å². The molecule has 3 aromatic rings. The normalized spacial score (nSPS) is 14.0. The average Bonchev–Trinajstić information content (AvgIpc) is 3.28. The van der Waals surface area contributed by atoms with Crippen LogP contribution in [0.15, 0.2) is 72.5 Å². The topological polar surface area (TPSA) is 123 Å². The molecule has 0 fully saturated rings. The zero-order valence-corrected chi connectivity index (χ0v) is 18.9. The van der Waals surface area contributed by atoms with Crippen molar-refractivity contribution >= 4 is 23.3 Å². The quantitative estimate of drug-likeness (QED) is 0.282. The molecule has 2 aromatic heterocycles. The molecule has 1 aromatic carbocycles. The lowest BCUT2D eigenvalue weighted by Gasteiger charge is -2.29. The number of benzene rings is 1. The fourth-order valence-corrected chi connectivity index (χ4v) is 3.81. The summed E-state index contributed by atoms with van der Waals surface area (Å²) in [5.74, 6) is 5.97.